The lowest BCUT2D eigenvalue weighted by molar-refractivity contribution is -0.276. The quantitative estimate of drug-likeness (QED) is 0.149. The molecule has 3 N–H and O–H groups in total. The number of carbonyl (C=O) groups is 2. The minimum Gasteiger partial charge on any atom is -0.465 e. The standard InChI is InChI=1S/C38H40N4O6/c1-3-46-35(44)21-40-38(45)39-20-27-7-6-8-31(19-27)28-15-17-30(18-16-28)37-47-34(22-42-24-41-32-9-4-5-10-33(32)42)25(2)36(48-37)29-13-11-26(23-43)12-14-29/h4-19,24-25,34,36-37,43H,3,20-23H2,1-2H3,(H2,39,40,45)/t25-,34+,36+,37+/m1/s1. The van der Waals surface area contributed by atoms with Crippen molar-refractivity contribution in [3.63, 3.8) is 0 Å². The van der Waals surface area contributed by atoms with Crippen LogP contribution in [0.2, 0.25) is 0 Å². The molecule has 0 radical (unpaired) electrons. The molecule has 2 amide bonds. The molecule has 248 valence electrons. The van der Waals surface area contributed by atoms with E-state index in [1.165, 1.54) is 0 Å². The Morgan fingerprint density at radius 3 is 2.42 bits per heavy atom. The number of aromatic nitrogens is 2. The van der Waals surface area contributed by atoms with Gasteiger partial charge in [-0.05, 0) is 52.9 Å². The molecule has 10 nitrogen and oxygen atoms in total. The average Bonchev–Trinajstić information content (AvgIpc) is 3.53. The third-order valence-electron chi connectivity index (χ3n) is 8.62. The summed E-state index contributed by atoms with van der Waals surface area (Å²) in [4.78, 5) is 28.2. The van der Waals surface area contributed by atoms with Crippen molar-refractivity contribution in [2.75, 3.05) is 13.2 Å². The Hall–Kier alpha value is -5.03. The number of esters is 1. The number of benzene rings is 4. The highest BCUT2D eigenvalue weighted by molar-refractivity contribution is 5.80. The molecule has 1 aliphatic heterocycles. The molecule has 6 rings (SSSR count). The van der Waals surface area contributed by atoms with Gasteiger partial charge in [-0.1, -0.05) is 85.8 Å². The van der Waals surface area contributed by atoms with Crippen molar-refractivity contribution >= 4 is 23.0 Å². The number of imidazole rings is 1. The molecule has 0 spiro atoms. The highest BCUT2D eigenvalue weighted by Gasteiger charge is 2.38. The molecular weight excluding hydrogens is 608 g/mol. The van der Waals surface area contributed by atoms with Crippen LogP contribution in [0.4, 0.5) is 4.79 Å². The van der Waals surface area contributed by atoms with Crippen molar-refractivity contribution in [3.05, 3.63) is 126 Å². The molecule has 0 bridgehead atoms. The molecule has 1 saturated heterocycles. The lowest BCUT2D eigenvalue weighted by atomic mass is 9.90. The highest BCUT2D eigenvalue weighted by Crippen LogP contribution is 2.42. The van der Waals surface area contributed by atoms with Crippen LogP contribution in [-0.4, -0.2) is 45.9 Å². The van der Waals surface area contributed by atoms with Gasteiger partial charge >= 0.3 is 12.0 Å². The van der Waals surface area contributed by atoms with Gasteiger partial charge in [0.15, 0.2) is 6.29 Å². The van der Waals surface area contributed by atoms with E-state index in [0.717, 1.165) is 44.4 Å². The summed E-state index contributed by atoms with van der Waals surface area (Å²) in [5.41, 5.74) is 7.71. The maximum atomic E-state index is 12.1. The molecule has 5 aromatic rings. The first-order valence-electron chi connectivity index (χ1n) is 16.2. The third-order valence-corrected chi connectivity index (χ3v) is 8.62. The number of rotatable bonds is 11. The second kappa shape index (κ2) is 15.2. The van der Waals surface area contributed by atoms with Crippen LogP contribution < -0.4 is 10.6 Å². The van der Waals surface area contributed by atoms with E-state index in [0.29, 0.717) is 13.1 Å². The minimum atomic E-state index is -0.596. The van der Waals surface area contributed by atoms with E-state index in [2.05, 4.69) is 33.2 Å². The van der Waals surface area contributed by atoms with Crippen LogP contribution >= 0.6 is 0 Å². The predicted octanol–water partition coefficient (Wildman–Crippen LogP) is 6.05. The number of urea groups is 1. The number of nitrogens with zero attached hydrogens (tertiary/aromatic N) is 2. The van der Waals surface area contributed by atoms with Gasteiger partial charge in [0, 0.05) is 18.0 Å². The van der Waals surface area contributed by atoms with Gasteiger partial charge < -0.3 is 34.5 Å². The number of nitrogens with one attached hydrogen (secondary N) is 2. The molecule has 1 aromatic heterocycles. The maximum Gasteiger partial charge on any atom is 0.325 e. The molecular formula is C38H40N4O6. The van der Waals surface area contributed by atoms with Crippen molar-refractivity contribution in [1.29, 1.82) is 0 Å². The number of hydrogen-bond donors (Lipinski definition) is 3. The van der Waals surface area contributed by atoms with Crippen LogP contribution in [0.25, 0.3) is 22.2 Å². The molecule has 4 atom stereocenters. The van der Waals surface area contributed by atoms with E-state index in [1.54, 1.807) is 6.92 Å². The zero-order chi connectivity index (χ0) is 33.5. The smallest absolute Gasteiger partial charge is 0.325 e. The summed E-state index contributed by atoms with van der Waals surface area (Å²) in [5.74, 6) is -0.448. The van der Waals surface area contributed by atoms with E-state index < -0.39 is 18.3 Å². The summed E-state index contributed by atoms with van der Waals surface area (Å²) in [7, 11) is 0. The first-order chi connectivity index (χ1) is 23.4. The molecule has 10 heteroatoms. The van der Waals surface area contributed by atoms with Crippen LogP contribution in [0.5, 0.6) is 0 Å². The first-order valence-corrected chi connectivity index (χ1v) is 16.2. The largest absolute Gasteiger partial charge is 0.465 e. The monoisotopic (exact) mass is 648 g/mol. The molecule has 0 aliphatic carbocycles. The lowest BCUT2D eigenvalue weighted by Crippen LogP contribution is -2.39. The highest BCUT2D eigenvalue weighted by atomic mass is 16.7. The first kappa shape index (κ1) is 32.9. The lowest BCUT2D eigenvalue weighted by Gasteiger charge is -2.41. The molecule has 1 fully saturated rings. The SMILES string of the molecule is CCOC(=O)CNC(=O)NCc1cccc(-c2ccc([C@H]3O[C@@H](Cn4cnc5ccccc54)[C@@H](C)[C@@H](c4ccc(CO)cc4)O3)cc2)c1. The average molecular weight is 649 g/mol. The van der Waals surface area contributed by atoms with E-state index >= 15 is 0 Å². The number of amides is 2. The predicted molar refractivity (Wildman–Crippen MR) is 181 cm³/mol. The fraction of sp³-hybridized carbons (Fsp3) is 0.289. The topological polar surface area (TPSA) is 124 Å². The zero-order valence-electron chi connectivity index (χ0n) is 27.0. The van der Waals surface area contributed by atoms with Crippen LogP contribution in [0.1, 0.15) is 48.5 Å². The minimum absolute atomic E-state index is 0.0123. The van der Waals surface area contributed by atoms with E-state index in [1.807, 2.05) is 97.3 Å². The summed E-state index contributed by atoms with van der Waals surface area (Å²) < 4.78 is 20.3. The number of fused-ring (bicyclic) bond motifs is 1. The van der Waals surface area contributed by atoms with Crippen LogP contribution in [0.3, 0.4) is 0 Å². The Labute approximate surface area is 279 Å². The fourth-order valence-electron chi connectivity index (χ4n) is 5.98. The van der Waals surface area contributed by atoms with Gasteiger partial charge in [-0.3, -0.25) is 4.79 Å². The Kier molecular flexibility index (Phi) is 10.4. The van der Waals surface area contributed by atoms with Crippen LogP contribution in [-0.2, 0) is 38.7 Å². The van der Waals surface area contributed by atoms with Crippen molar-refractivity contribution in [3.8, 4) is 11.1 Å². The van der Waals surface area contributed by atoms with E-state index in [9.17, 15) is 14.7 Å². The molecule has 0 unspecified atom stereocenters. The van der Waals surface area contributed by atoms with Gasteiger partial charge in [-0.2, -0.15) is 0 Å². The number of para-hydroxylation sites is 2. The third kappa shape index (κ3) is 7.74. The number of carbonyl (C=O) groups excluding carboxylic acids is 2. The Balaban J connectivity index is 1.18. The Morgan fingerprint density at radius 1 is 0.875 bits per heavy atom. The van der Waals surface area contributed by atoms with Crippen LogP contribution in [0.15, 0.2) is 103 Å². The maximum absolute atomic E-state index is 12.1. The van der Waals surface area contributed by atoms with Gasteiger partial charge in [0.2, 0.25) is 0 Å². The van der Waals surface area contributed by atoms with Gasteiger partial charge in [0.25, 0.3) is 0 Å². The van der Waals surface area contributed by atoms with E-state index in [4.69, 9.17) is 14.2 Å². The molecule has 4 aromatic carbocycles. The second-order valence-electron chi connectivity index (χ2n) is 11.9. The summed E-state index contributed by atoms with van der Waals surface area (Å²) in [6, 6.07) is 31.6. The Bertz CT molecular complexity index is 1840. The summed E-state index contributed by atoms with van der Waals surface area (Å²) in [6.45, 7) is 4.86. The van der Waals surface area contributed by atoms with Gasteiger partial charge in [-0.15, -0.1) is 0 Å². The molecule has 0 saturated carbocycles. The normalized spacial score (nSPS) is 19.1. The van der Waals surface area contributed by atoms with Gasteiger partial charge in [0.05, 0.1) is 49.3 Å². The molecule has 2 heterocycles. The number of ether oxygens (including phenoxy) is 3. The van der Waals surface area contributed by atoms with Gasteiger partial charge in [0.1, 0.15) is 6.54 Å². The van der Waals surface area contributed by atoms with Gasteiger partial charge in [-0.25, -0.2) is 9.78 Å². The van der Waals surface area contributed by atoms with Crippen molar-refractivity contribution in [2.45, 2.75) is 52.0 Å². The Morgan fingerprint density at radius 2 is 1.65 bits per heavy atom. The van der Waals surface area contributed by atoms with Crippen LogP contribution in [0, 0.1) is 5.92 Å². The summed E-state index contributed by atoms with van der Waals surface area (Å²) >= 11 is 0. The zero-order valence-corrected chi connectivity index (χ0v) is 27.0. The van der Waals surface area contributed by atoms with Crippen molar-refractivity contribution in [2.24, 2.45) is 5.92 Å². The van der Waals surface area contributed by atoms with Crippen molar-refractivity contribution in [1.82, 2.24) is 20.2 Å². The van der Waals surface area contributed by atoms with Crippen molar-refractivity contribution < 1.29 is 28.9 Å². The fourth-order valence-corrected chi connectivity index (χ4v) is 5.98. The van der Waals surface area contributed by atoms with E-state index in [-0.39, 0.29) is 37.9 Å². The number of aliphatic hydroxyl groups excluding tert-OH is 1. The summed E-state index contributed by atoms with van der Waals surface area (Å²) in [5, 5.41) is 14.9. The number of hydrogen-bond acceptors (Lipinski definition) is 7. The molecule has 48 heavy (non-hydrogen) atoms. The number of aliphatic hydroxyl groups is 1. The summed E-state index contributed by atoms with van der Waals surface area (Å²) in [6.07, 6.45) is 0.878. The second-order valence-corrected chi connectivity index (χ2v) is 11.9. The molecule has 1 aliphatic rings.